The van der Waals surface area contributed by atoms with Gasteiger partial charge in [-0.1, -0.05) is 86.5 Å². The maximum absolute atomic E-state index is 4.21. The molecular weight excluding hydrogens is 390 g/mol. The molecule has 2 aromatic carbocycles. The van der Waals surface area contributed by atoms with Crippen molar-refractivity contribution >= 4 is 11.4 Å². The third-order valence-corrected chi connectivity index (χ3v) is 5.18. The van der Waals surface area contributed by atoms with Crippen LogP contribution in [0.2, 0.25) is 0 Å². The molecule has 0 atom stereocenters. The van der Waals surface area contributed by atoms with Crippen LogP contribution in [-0.2, 0) is 6.42 Å². The van der Waals surface area contributed by atoms with Gasteiger partial charge < -0.3 is 10.6 Å². The van der Waals surface area contributed by atoms with Crippen molar-refractivity contribution in [2.24, 2.45) is 4.99 Å². The van der Waals surface area contributed by atoms with Crippen LogP contribution in [0.5, 0.6) is 0 Å². The van der Waals surface area contributed by atoms with Gasteiger partial charge in [0, 0.05) is 29.7 Å². The van der Waals surface area contributed by atoms with Crippen LogP contribution >= 0.6 is 0 Å². The van der Waals surface area contributed by atoms with Gasteiger partial charge in [-0.05, 0) is 58.2 Å². The van der Waals surface area contributed by atoms with Gasteiger partial charge in [0.25, 0.3) is 0 Å². The summed E-state index contributed by atoms with van der Waals surface area (Å²) in [4.78, 5) is 4.21. The van der Waals surface area contributed by atoms with Crippen LogP contribution in [0.1, 0.15) is 56.7 Å². The third kappa shape index (κ3) is 10.3. The third-order valence-electron chi connectivity index (χ3n) is 5.18. The van der Waals surface area contributed by atoms with Gasteiger partial charge in [0.15, 0.2) is 0 Å². The van der Waals surface area contributed by atoms with Crippen LogP contribution in [0.25, 0.3) is 0 Å². The highest BCUT2D eigenvalue weighted by molar-refractivity contribution is 6.01. The van der Waals surface area contributed by atoms with Gasteiger partial charge in [-0.3, -0.25) is 4.99 Å². The fourth-order valence-electron chi connectivity index (χ4n) is 3.15. The van der Waals surface area contributed by atoms with Crippen LogP contribution in [0.3, 0.4) is 0 Å². The van der Waals surface area contributed by atoms with Crippen molar-refractivity contribution in [1.29, 1.82) is 0 Å². The van der Waals surface area contributed by atoms with Gasteiger partial charge in [0.2, 0.25) is 0 Å². The molecule has 32 heavy (non-hydrogen) atoms. The number of aryl methyl sites for hydroxylation is 3. The molecule has 3 nitrogen and oxygen atoms in total. The largest absolute Gasteiger partial charge is 0.342 e. The number of hydrogen-bond donors (Lipinski definition) is 2. The van der Waals surface area contributed by atoms with E-state index in [-0.39, 0.29) is 0 Å². The number of nitrogens with zero attached hydrogens (tertiary/aromatic N) is 1. The maximum atomic E-state index is 4.21. The second-order valence-corrected chi connectivity index (χ2v) is 8.03. The Balaban J connectivity index is 0.000000533. The first-order chi connectivity index (χ1) is 15.3. The lowest BCUT2D eigenvalue weighted by Gasteiger charge is -2.16. The minimum absolute atomic E-state index is 0.696. The Bertz CT molecular complexity index is 879. The van der Waals surface area contributed by atoms with E-state index in [1.165, 1.54) is 36.0 Å². The van der Waals surface area contributed by atoms with Crippen molar-refractivity contribution < 1.29 is 0 Å². The molecule has 2 aromatic rings. The minimum Gasteiger partial charge on any atom is -0.342 e. The number of benzene rings is 2. The Hall–Kier alpha value is -3.07. The summed E-state index contributed by atoms with van der Waals surface area (Å²) in [5.41, 5.74) is 7.77. The second kappa shape index (κ2) is 14.9. The predicted molar refractivity (Wildman–Crippen MR) is 143 cm³/mol. The van der Waals surface area contributed by atoms with E-state index in [0.717, 1.165) is 29.1 Å². The van der Waals surface area contributed by atoms with E-state index in [0.29, 0.717) is 5.82 Å². The Morgan fingerprint density at radius 1 is 0.938 bits per heavy atom. The van der Waals surface area contributed by atoms with Crippen LogP contribution in [0.15, 0.2) is 89.8 Å². The van der Waals surface area contributed by atoms with E-state index >= 15 is 0 Å². The summed E-state index contributed by atoms with van der Waals surface area (Å²) in [6.07, 6.45) is 6.93. The summed E-state index contributed by atoms with van der Waals surface area (Å²) >= 11 is 0. The minimum atomic E-state index is 0.696. The molecule has 0 fully saturated rings. The second-order valence-electron chi connectivity index (χ2n) is 8.03. The van der Waals surface area contributed by atoms with Gasteiger partial charge in [0.1, 0.15) is 5.82 Å². The zero-order chi connectivity index (χ0) is 23.9. The zero-order valence-electron chi connectivity index (χ0n) is 20.9. The van der Waals surface area contributed by atoms with Crippen molar-refractivity contribution in [2.45, 2.75) is 60.3 Å². The van der Waals surface area contributed by atoms with E-state index in [1.54, 1.807) is 7.05 Å². The molecule has 0 amide bonds. The molecule has 2 N–H and O–H groups in total. The van der Waals surface area contributed by atoms with Gasteiger partial charge in [-0.15, -0.1) is 0 Å². The van der Waals surface area contributed by atoms with Crippen LogP contribution < -0.4 is 10.6 Å². The summed E-state index contributed by atoms with van der Waals surface area (Å²) in [5, 5.41) is 6.47. The lowest BCUT2D eigenvalue weighted by molar-refractivity contribution is 0.717. The first-order valence-electron chi connectivity index (χ1n) is 11.4. The molecule has 3 heteroatoms. The first-order valence-corrected chi connectivity index (χ1v) is 11.4. The van der Waals surface area contributed by atoms with E-state index in [9.17, 15) is 0 Å². The molecule has 2 rings (SSSR count). The molecule has 0 aliphatic heterocycles. The molecule has 0 saturated heterocycles. The quantitative estimate of drug-likeness (QED) is 0.229. The Morgan fingerprint density at radius 2 is 1.50 bits per heavy atom. The number of nitrogens with one attached hydrogen (secondary N) is 2. The normalized spacial score (nSPS) is 11.3. The van der Waals surface area contributed by atoms with Crippen molar-refractivity contribution in [3.8, 4) is 0 Å². The van der Waals surface area contributed by atoms with E-state index in [1.807, 2.05) is 19.9 Å². The van der Waals surface area contributed by atoms with Crippen LogP contribution in [0.4, 0.5) is 5.69 Å². The highest BCUT2D eigenvalue weighted by atomic mass is 15.1. The SMILES string of the molecule is C=C(NC(=C)/C(=C/C)C(C)=NC)Nc1ccc(CCCCC)cc1.Cc1ccc(C)cc1. The zero-order valence-corrected chi connectivity index (χ0v) is 20.9. The highest BCUT2D eigenvalue weighted by Gasteiger charge is 2.06. The molecule has 0 bridgehead atoms. The summed E-state index contributed by atoms with van der Waals surface area (Å²) in [7, 11) is 1.78. The summed E-state index contributed by atoms with van der Waals surface area (Å²) in [6, 6.07) is 17.0. The van der Waals surface area contributed by atoms with Crippen molar-refractivity contribution in [1.82, 2.24) is 5.32 Å². The van der Waals surface area contributed by atoms with Gasteiger partial charge in [-0.2, -0.15) is 0 Å². The highest BCUT2D eigenvalue weighted by Crippen LogP contribution is 2.15. The average molecular weight is 432 g/mol. The number of unbranched alkanes of at least 4 members (excludes halogenated alkanes) is 2. The molecule has 0 aliphatic carbocycles. The van der Waals surface area contributed by atoms with Gasteiger partial charge in [0.05, 0.1) is 0 Å². The Morgan fingerprint density at radius 3 is 1.97 bits per heavy atom. The average Bonchev–Trinajstić information content (AvgIpc) is 2.78. The van der Waals surface area contributed by atoms with Crippen molar-refractivity contribution in [3.05, 3.63) is 102 Å². The maximum Gasteiger partial charge on any atom is 0.100 e. The Kier molecular flexibility index (Phi) is 12.5. The van der Waals surface area contributed by atoms with Gasteiger partial charge >= 0.3 is 0 Å². The number of hydrogen-bond acceptors (Lipinski definition) is 3. The molecule has 0 radical (unpaired) electrons. The monoisotopic (exact) mass is 431 g/mol. The van der Waals surface area contributed by atoms with Crippen molar-refractivity contribution in [2.75, 3.05) is 12.4 Å². The predicted octanol–water partition coefficient (Wildman–Crippen LogP) is 7.75. The van der Waals surface area contributed by atoms with Gasteiger partial charge in [-0.25, -0.2) is 0 Å². The number of allylic oxidation sites excluding steroid dienone is 2. The lowest BCUT2D eigenvalue weighted by atomic mass is 10.1. The molecule has 0 aromatic heterocycles. The van der Waals surface area contributed by atoms with E-state index in [2.05, 4.69) is 98.1 Å². The molecule has 0 aliphatic rings. The summed E-state index contributed by atoms with van der Waals surface area (Å²) in [6.45, 7) is 18.5. The standard InChI is InChI=1S/C21H31N3.C8H10/c1-7-9-10-11-19-12-14-20(15-13-19)24-18(5)23-17(4)21(8-2)16(3)22-6;1-7-3-5-8(2)6-4-7/h8,12-15,23-24H,4-5,7,9-11H2,1-3,6H3;3-6H,1-2H3/b21-8+,22-16?;. The number of anilines is 1. The van der Waals surface area contributed by atoms with Crippen molar-refractivity contribution in [3.63, 3.8) is 0 Å². The molecule has 0 saturated carbocycles. The Labute approximate surface area is 196 Å². The van der Waals surface area contributed by atoms with E-state index in [4.69, 9.17) is 0 Å². The molecule has 0 spiro atoms. The fourth-order valence-corrected chi connectivity index (χ4v) is 3.15. The molecule has 0 heterocycles. The number of rotatable bonds is 10. The molecular formula is C29H41N3. The lowest BCUT2D eigenvalue weighted by Crippen LogP contribution is -2.20. The summed E-state index contributed by atoms with van der Waals surface area (Å²) in [5.74, 6) is 0.696. The van der Waals surface area contributed by atoms with E-state index < -0.39 is 0 Å². The van der Waals surface area contributed by atoms with Crippen LogP contribution in [-0.4, -0.2) is 12.8 Å². The fraction of sp³-hybridized carbons (Fsp3) is 0.345. The molecule has 172 valence electrons. The first kappa shape index (κ1) is 27.0. The van der Waals surface area contributed by atoms with Crippen LogP contribution in [0, 0.1) is 13.8 Å². The molecule has 0 unspecified atom stereocenters. The summed E-state index contributed by atoms with van der Waals surface area (Å²) < 4.78 is 0. The smallest absolute Gasteiger partial charge is 0.100 e. The number of aliphatic imine (C=N–C) groups is 1. The topological polar surface area (TPSA) is 36.4 Å².